The number of nitriles is 1. The lowest BCUT2D eigenvalue weighted by Gasteiger charge is -2.17. The Morgan fingerprint density at radius 1 is 1.50 bits per heavy atom. The van der Waals surface area contributed by atoms with Crippen molar-refractivity contribution in [3.05, 3.63) is 50.9 Å². The average molecular weight is 389 g/mol. The standard InChI is InChI=1S/C20H22ClN3OS/c1-13-6-7-16-17(10-22)20(26-18(16)8-13)23-19(25)12-24(2)11-14-4-3-5-15(21)9-14/h3-5,9,13H,6-8,11-12H2,1-2H3,(H,23,25)/p+1/t13-/m0/s1. The molecule has 0 spiro atoms. The van der Waals surface area contributed by atoms with Gasteiger partial charge in [0.25, 0.3) is 5.91 Å². The second kappa shape index (κ2) is 8.22. The van der Waals surface area contributed by atoms with E-state index in [1.54, 1.807) is 11.3 Å². The van der Waals surface area contributed by atoms with Gasteiger partial charge in [0.1, 0.15) is 17.6 Å². The maximum atomic E-state index is 12.5. The Morgan fingerprint density at radius 2 is 2.31 bits per heavy atom. The summed E-state index contributed by atoms with van der Waals surface area (Å²) in [6, 6.07) is 9.99. The molecule has 3 rings (SSSR count). The minimum Gasteiger partial charge on any atom is -0.326 e. The van der Waals surface area contributed by atoms with Crippen molar-refractivity contribution in [2.24, 2.45) is 5.92 Å². The number of nitrogens with zero attached hydrogens (tertiary/aromatic N) is 1. The van der Waals surface area contributed by atoms with Crippen molar-refractivity contribution in [3.8, 4) is 6.07 Å². The Labute approximate surface area is 163 Å². The third kappa shape index (κ3) is 4.45. The lowest BCUT2D eigenvalue weighted by Crippen LogP contribution is -3.08. The summed E-state index contributed by atoms with van der Waals surface area (Å²) in [4.78, 5) is 14.8. The number of benzene rings is 1. The monoisotopic (exact) mass is 388 g/mol. The van der Waals surface area contributed by atoms with Crippen molar-refractivity contribution < 1.29 is 9.69 Å². The van der Waals surface area contributed by atoms with Gasteiger partial charge in [-0.3, -0.25) is 4.79 Å². The van der Waals surface area contributed by atoms with Crippen LogP contribution in [0.4, 0.5) is 5.00 Å². The number of fused-ring (bicyclic) bond motifs is 1. The highest BCUT2D eigenvalue weighted by atomic mass is 35.5. The zero-order chi connectivity index (χ0) is 18.7. The van der Waals surface area contributed by atoms with Gasteiger partial charge in [-0.25, -0.2) is 0 Å². The van der Waals surface area contributed by atoms with Gasteiger partial charge in [-0.15, -0.1) is 11.3 Å². The number of carbonyl (C=O) groups is 1. The van der Waals surface area contributed by atoms with Gasteiger partial charge < -0.3 is 10.2 Å². The van der Waals surface area contributed by atoms with Gasteiger partial charge in [-0.2, -0.15) is 5.26 Å². The number of rotatable bonds is 5. The molecular formula is C20H23ClN3OS+. The highest BCUT2D eigenvalue weighted by Gasteiger charge is 2.25. The highest BCUT2D eigenvalue weighted by molar-refractivity contribution is 7.16. The lowest BCUT2D eigenvalue weighted by molar-refractivity contribution is -0.885. The van der Waals surface area contributed by atoms with Crippen LogP contribution >= 0.6 is 22.9 Å². The number of hydrogen-bond donors (Lipinski definition) is 2. The molecule has 136 valence electrons. The van der Waals surface area contributed by atoms with E-state index in [4.69, 9.17) is 11.6 Å². The van der Waals surface area contributed by atoms with Gasteiger partial charge >= 0.3 is 0 Å². The number of carbonyl (C=O) groups excluding carboxylic acids is 1. The van der Waals surface area contributed by atoms with E-state index in [1.807, 2.05) is 31.3 Å². The number of likely N-dealkylation sites (N-methyl/N-ethyl adjacent to an activating group) is 1. The molecule has 1 heterocycles. The normalized spacial score (nSPS) is 17.2. The van der Waals surface area contributed by atoms with Crippen molar-refractivity contribution in [1.82, 2.24) is 0 Å². The van der Waals surface area contributed by atoms with E-state index in [2.05, 4.69) is 18.3 Å². The summed E-state index contributed by atoms with van der Waals surface area (Å²) in [7, 11) is 1.98. The molecule has 26 heavy (non-hydrogen) atoms. The van der Waals surface area contributed by atoms with Crippen LogP contribution in [0, 0.1) is 17.2 Å². The van der Waals surface area contributed by atoms with E-state index in [1.165, 1.54) is 4.88 Å². The Kier molecular flexibility index (Phi) is 5.98. The lowest BCUT2D eigenvalue weighted by atomic mass is 9.89. The van der Waals surface area contributed by atoms with Crippen LogP contribution in [0.1, 0.15) is 34.9 Å². The summed E-state index contributed by atoms with van der Waals surface area (Å²) >= 11 is 7.59. The van der Waals surface area contributed by atoms with Crippen LogP contribution in [-0.4, -0.2) is 19.5 Å². The van der Waals surface area contributed by atoms with Crippen LogP contribution in [0.15, 0.2) is 24.3 Å². The molecule has 1 aliphatic carbocycles. The maximum absolute atomic E-state index is 12.5. The molecule has 0 aliphatic heterocycles. The summed E-state index contributed by atoms with van der Waals surface area (Å²) in [5.41, 5.74) is 2.91. The number of nitrogens with one attached hydrogen (secondary N) is 2. The van der Waals surface area contributed by atoms with Gasteiger partial charge in [-0.05, 0) is 42.9 Å². The number of anilines is 1. The fourth-order valence-electron chi connectivity index (χ4n) is 3.46. The van der Waals surface area contributed by atoms with E-state index < -0.39 is 0 Å². The Bertz CT molecular complexity index is 855. The number of hydrogen-bond acceptors (Lipinski definition) is 3. The summed E-state index contributed by atoms with van der Waals surface area (Å²) < 4.78 is 0. The van der Waals surface area contributed by atoms with Crippen LogP contribution < -0.4 is 10.2 Å². The third-order valence-electron chi connectivity index (χ3n) is 4.73. The minimum atomic E-state index is -0.0623. The number of thiophene rings is 1. The number of quaternary nitrogens is 1. The molecule has 2 aromatic rings. The predicted molar refractivity (Wildman–Crippen MR) is 106 cm³/mol. The maximum Gasteiger partial charge on any atom is 0.280 e. The van der Waals surface area contributed by atoms with E-state index in [-0.39, 0.29) is 5.91 Å². The van der Waals surface area contributed by atoms with Gasteiger partial charge in [0, 0.05) is 15.5 Å². The molecule has 0 bridgehead atoms. The first-order chi connectivity index (χ1) is 12.5. The fourth-order valence-corrected chi connectivity index (χ4v) is 5.05. The third-order valence-corrected chi connectivity index (χ3v) is 6.14. The van der Waals surface area contributed by atoms with Gasteiger partial charge in [-0.1, -0.05) is 30.7 Å². The van der Waals surface area contributed by atoms with Crippen LogP contribution in [-0.2, 0) is 24.2 Å². The molecular weight excluding hydrogens is 366 g/mol. The summed E-state index contributed by atoms with van der Waals surface area (Å²) in [5.74, 6) is 0.581. The quantitative estimate of drug-likeness (QED) is 0.827. The minimum absolute atomic E-state index is 0.0623. The second-order valence-corrected chi connectivity index (χ2v) is 8.70. The van der Waals surface area contributed by atoms with E-state index in [0.717, 1.165) is 41.8 Å². The SMILES string of the molecule is C[C@H]1CCc2c(sc(NC(=O)C[NH+](C)Cc3cccc(Cl)c3)c2C#N)C1. The molecule has 0 saturated carbocycles. The van der Waals surface area contributed by atoms with Crippen molar-refractivity contribution in [3.63, 3.8) is 0 Å². The molecule has 0 radical (unpaired) electrons. The van der Waals surface area contributed by atoms with Crippen LogP contribution in [0.5, 0.6) is 0 Å². The molecule has 1 aliphatic rings. The number of amides is 1. The first kappa shape index (κ1) is 18.9. The largest absolute Gasteiger partial charge is 0.326 e. The smallest absolute Gasteiger partial charge is 0.280 e. The van der Waals surface area contributed by atoms with E-state index in [9.17, 15) is 10.1 Å². The highest BCUT2D eigenvalue weighted by Crippen LogP contribution is 2.39. The molecule has 6 heteroatoms. The Morgan fingerprint density at radius 3 is 3.04 bits per heavy atom. The molecule has 0 saturated heterocycles. The number of halogens is 1. The summed E-state index contributed by atoms with van der Waals surface area (Å²) in [6.07, 6.45) is 3.05. The zero-order valence-electron chi connectivity index (χ0n) is 15.1. The fraction of sp³-hybridized carbons (Fsp3) is 0.400. The summed E-state index contributed by atoms with van der Waals surface area (Å²) in [6.45, 7) is 3.30. The summed E-state index contributed by atoms with van der Waals surface area (Å²) in [5, 5.41) is 13.9. The van der Waals surface area contributed by atoms with Crippen molar-refractivity contribution in [2.45, 2.75) is 32.7 Å². The molecule has 1 unspecified atom stereocenters. The van der Waals surface area contributed by atoms with E-state index in [0.29, 0.717) is 28.0 Å². The average Bonchev–Trinajstić information content (AvgIpc) is 2.90. The van der Waals surface area contributed by atoms with Crippen LogP contribution in [0.25, 0.3) is 0 Å². The molecule has 0 fully saturated rings. The zero-order valence-corrected chi connectivity index (χ0v) is 16.6. The van der Waals surface area contributed by atoms with Crippen molar-refractivity contribution in [2.75, 3.05) is 18.9 Å². The topological polar surface area (TPSA) is 57.3 Å². The molecule has 1 aromatic heterocycles. The van der Waals surface area contributed by atoms with Gasteiger partial charge in [0.2, 0.25) is 0 Å². The molecule has 1 amide bonds. The van der Waals surface area contributed by atoms with Crippen LogP contribution in [0.3, 0.4) is 0 Å². The van der Waals surface area contributed by atoms with Crippen molar-refractivity contribution >= 4 is 33.8 Å². The molecule has 1 aromatic carbocycles. The first-order valence-corrected chi connectivity index (χ1v) is 10.1. The van der Waals surface area contributed by atoms with E-state index >= 15 is 0 Å². The molecule has 2 N–H and O–H groups in total. The van der Waals surface area contributed by atoms with Crippen molar-refractivity contribution in [1.29, 1.82) is 5.26 Å². The predicted octanol–water partition coefficient (Wildman–Crippen LogP) is 3.05. The van der Waals surface area contributed by atoms with Crippen LogP contribution in [0.2, 0.25) is 5.02 Å². The Balaban J connectivity index is 1.64. The van der Waals surface area contributed by atoms with Gasteiger partial charge in [0.15, 0.2) is 6.54 Å². The first-order valence-electron chi connectivity index (χ1n) is 8.86. The molecule has 2 atom stereocenters. The second-order valence-electron chi connectivity index (χ2n) is 7.16. The Hall–Kier alpha value is -1.87. The molecule has 4 nitrogen and oxygen atoms in total. The van der Waals surface area contributed by atoms with Gasteiger partial charge in [0.05, 0.1) is 12.6 Å².